The van der Waals surface area contributed by atoms with Gasteiger partial charge in [0.25, 0.3) is 0 Å². The van der Waals surface area contributed by atoms with Crippen molar-refractivity contribution in [1.82, 2.24) is 10.2 Å². The van der Waals surface area contributed by atoms with E-state index in [0.29, 0.717) is 47.5 Å². The van der Waals surface area contributed by atoms with E-state index in [1.165, 1.54) is 4.90 Å². The Balaban J connectivity index is 1.63. The number of anilines is 1. The molecule has 1 aliphatic rings. The molecule has 1 unspecified atom stereocenters. The predicted molar refractivity (Wildman–Crippen MR) is 120 cm³/mol. The van der Waals surface area contributed by atoms with Crippen molar-refractivity contribution in [3.05, 3.63) is 53.1 Å². The molecule has 0 saturated carbocycles. The Morgan fingerprint density at radius 1 is 1.09 bits per heavy atom. The molecule has 4 N–H and O–H groups in total. The Kier molecular flexibility index (Phi) is 7.77. The van der Waals surface area contributed by atoms with Gasteiger partial charge in [-0.3, -0.25) is 9.59 Å². The predicted octanol–water partition coefficient (Wildman–Crippen LogP) is 2.70. The number of nitrogens with two attached hydrogens (primary N) is 1. The van der Waals surface area contributed by atoms with Crippen molar-refractivity contribution in [2.24, 2.45) is 5.73 Å². The summed E-state index contributed by atoms with van der Waals surface area (Å²) in [6.45, 7) is 2.86. The van der Waals surface area contributed by atoms with E-state index in [0.717, 1.165) is 0 Å². The molecule has 0 radical (unpaired) electrons. The molecule has 170 valence electrons. The van der Waals surface area contributed by atoms with Gasteiger partial charge in [0, 0.05) is 23.3 Å². The first-order valence-electron chi connectivity index (χ1n) is 10.1. The highest BCUT2D eigenvalue weighted by molar-refractivity contribution is 6.30. The van der Waals surface area contributed by atoms with E-state index in [-0.39, 0.29) is 24.8 Å². The molecular weight excluding hydrogens is 436 g/mol. The standard InChI is InChI=1S/C22H25ClN4O5/c1-2-27(13-20(28)25-16-7-8-18-19(11-16)32-10-9-31-18)21(29)12-17(26-22(24)30)14-3-5-15(23)6-4-14/h3-8,11,17H,2,9-10,12-13H2,1H3,(H,25,28)(H3,24,26,30). The van der Waals surface area contributed by atoms with Crippen molar-refractivity contribution in [3.63, 3.8) is 0 Å². The molecule has 2 aromatic rings. The molecule has 1 atom stereocenters. The first kappa shape index (κ1) is 23.2. The van der Waals surface area contributed by atoms with Crippen LogP contribution >= 0.6 is 11.6 Å². The molecule has 0 bridgehead atoms. The third-order valence-corrected chi connectivity index (χ3v) is 5.11. The summed E-state index contributed by atoms with van der Waals surface area (Å²) < 4.78 is 11.0. The zero-order valence-electron chi connectivity index (χ0n) is 17.6. The molecule has 2 aromatic carbocycles. The number of benzene rings is 2. The summed E-state index contributed by atoms with van der Waals surface area (Å²) >= 11 is 5.92. The van der Waals surface area contributed by atoms with E-state index in [4.69, 9.17) is 26.8 Å². The normalized spacial score (nSPS) is 13.1. The van der Waals surface area contributed by atoms with Crippen molar-refractivity contribution in [1.29, 1.82) is 0 Å². The minimum absolute atomic E-state index is 0.0598. The lowest BCUT2D eigenvalue weighted by Crippen LogP contribution is -2.41. The number of likely N-dealkylation sites (N-methyl/N-ethyl adjacent to an activating group) is 1. The number of ether oxygens (including phenoxy) is 2. The van der Waals surface area contributed by atoms with Gasteiger partial charge in [0.05, 0.1) is 19.0 Å². The van der Waals surface area contributed by atoms with Crippen molar-refractivity contribution >= 4 is 35.1 Å². The highest BCUT2D eigenvalue weighted by Crippen LogP contribution is 2.32. The molecule has 0 spiro atoms. The lowest BCUT2D eigenvalue weighted by molar-refractivity contribution is -0.134. The highest BCUT2D eigenvalue weighted by Gasteiger charge is 2.23. The molecule has 3 rings (SSSR count). The van der Waals surface area contributed by atoms with Gasteiger partial charge in [-0.15, -0.1) is 0 Å². The molecular formula is C22H25ClN4O5. The Labute approximate surface area is 190 Å². The topological polar surface area (TPSA) is 123 Å². The summed E-state index contributed by atoms with van der Waals surface area (Å²) in [7, 11) is 0. The quantitative estimate of drug-likeness (QED) is 0.559. The van der Waals surface area contributed by atoms with Crippen LogP contribution in [0.4, 0.5) is 10.5 Å². The van der Waals surface area contributed by atoms with E-state index >= 15 is 0 Å². The molecule has 32 heavy (non-hydrogen) atoms. The fourth-order valence-electron chi connectivity index (χ4n) is 3.29. The van der Waals surface area contributed by atoms with Crippen LogP contribution in [0.15, 0.2) is 42.5 Å². The third kappa shape index (κ3) is 6.27. The third-order valence-electron chi connectivity index (χ3n) is 4.86. The number of halogens is 1. The Morgan fingerprint density at radius 3 is 2.44 bits per heavy atom. The number of urea groups is 1. The number of amides is 4. The van der Waals surface area contributed by atoms with E-state index in [9.17, 15) is 14.4 Å². The molecule has 9 nitrogen and oxygen atoms in total. The minimum Gasteiger partial charge on any atom is -0.486 e. The Morgan fingerprint density at radius 2 is 1.78 bits per heavy atom. The highest BCUT2D eigenvalue weighted by atomic mass is 35.5. The second-order valence-corrected chi connectivity index (χ2v) is 7.57. The fourth-order valence-corrected chi connectivity index (χ4v) is 3.42. The zero-order valence-corrected chi connectivity index (χ0v) is 18.4. The summed E-state index contributed by atoms with van der Waals surface area (Å²) in [6, 6.07) is 10.4. The van der Waals surface area contributed by atoms with E-state index in [2.05, 4.69) is 10.6 Å². The van der Waals surface area contributed by atoms with Crippen molar-refractivity contribution in [3.8, 4) is 11.5 Å². The van der Waals surface area contributed by atoms with Gasteiger partial charge in [-0.05, 0) is 36.8 Å². The Bertz CT molecular complexity index is 983. The average molecular weight is 461 g/mol. The first-order chi connectivity index (χ1) is 15.4. The summed E-state index contributed by atoms with van der Waals surface area (Å²) in [6.07, 6.45) is -0.0598. The second-order valence-electron chi connectivity index (χ2n) is 7.13. The number of hydrogen-bond acceptors (Lipinski definition) is 5. The van der Waals surface area contributed by atoms with E-state index in [1.807, 2.05) is 0 Å². The van der Waals surface area contributed by atoms with Gasteiger partial charge in [-0.25, -0.2) is 4.79 Å². The van der Waals surface area contributed by atoms with Crippen LogP contribution in [0.1, 0.15) is 24.9 Å². The smallest absolute Gasteiger partial charge is 0.312 e. The number of hydrogen-bond donors (Lipinski definition) is 3. The summed E-state index contributed by atoms with van der Waals surface area (Å²) in [5.74, 6) is 0.511. The minimum atomic E-state index is -0.753. The van der Waals surface area contributed by atoms with Gasteiger partial charge in [0.1, 0.15) is 13.2 Å². The van der Waals surface area contributed by atoms with Gasteiger partial charge in [0.2, 0.25) is 11.8 Å². The van der Waals surface area contributed by atoms with Crippen LogP contribution in [0, 0.1) is 0 Å². The van der Waals surface area contributed by atoms with Crippen molar-refractivity contribution in [2.75, 3.05) is 31.6 Å². The van der Waals surface area contributed by atoms with E-state index < -0.39 is 12.1 Å². The number of primary amides is 1. The number of carbonyl (C=O) groups is 3. The van der Waals surface area contributed by atoms with Crippen LogP contribution in [0.2, 0.25) is 5.02 Å². The SMILES string of the molecule is CCN(CC(=O)Nc1ccc2c(c1)OCCO2)C(=O)CC(NC(N)=O)c1ccc(Cl)cc1. The van der Waals surface area contributed by atoms with Gasteiger partial charge >= 0.3 is 6.03 Å². The molecule has 0 saturated heterocycles. The largest absolute Gasteiger partial charge is 0.486 e. The number of fused-ring (bicyclic) bond motifs is 1. The van der Waals surface area contributed by atoms with Crippen LogP contribution in [0.3, 0.4) is 0 Å². The summed E-state index contributed by atoms with van der Waals surface area (Å²) in [5, 5.41) is 5.86. The number of carbonyl (C=O) groups excluding carboxylic acids is 3. The van der Waals surface area contributed by atoms with E-state index in [1.54, 1.807) is 49.4 Å². The van der Waals surface area contributed by atoms with Crippen molar-refractivity contribution in [2.45, 2.75) is 19.4 Å². The first-order valence-corrected chi connectivity index (χ1v) is 10.5. The number of nitrogens with zero attached hydrogens (tertiary/aromatic N) is 1. The lowest BCUT2D eigenvalue weighted by atomic mass is 10.0. The fraction of sp³-hybridized carbons (Fsp3) is 0.318. The number of rotatable bonds is 8. The molecule has 4 amide bonds. The van der Waals surface area contributed by atoms with Gasteiger partial charge < -0.3 is 30.7 Å². The van der Waals surface area contributed by atoms with Gasteiger partial charge in [-0.2, -0.15) is 0 Å². The zero-order chi connectivity index (χ0) is 23.1. The van der Waals surface area contributed by atoms with Crippen LogP contribution in [-0.2, 0) is 9.59 Å². The molecule has 0 fully saturated rings. The summed E-state index contributed by atoms with van der Waals surface area (Å²) in [4.78, 5) is 38.3. The van der Waals surface area contributed by atoms with Gasteiger partial charge in [0.15, 0.2) is 11.5 Å². The maximum Gasteiger partial charge on any atom is 0.312 e. The molecule has 0 aromatic heterocycles. The second kappa shape index (κ2) is 10.7. The molecule has 10 heteroatoms. The monoisotopic (exact) mass is 460 g/mol. The molecule has 1 heterocycles. The number of nitrogens with one attached hydrogen (secondary N) is 2. The van der Waals surface area contributed by atoms with Crippen LogP contribution in [-0.4, -0.2) is 49.0 Å². The van der Waals surface area contributed by atoms with Gasteiger partial charge in [-0.1, -0.05) is 23.7 Å². The van der Waals surface area contributed by atoms with Crippen LogP contribution < -0.4 is 25.8 Å². The average Bonchev–Trinajstić information content (AvgIpc) is 2.77. The van der Waals surface area contributed by atoms with Crippen molar-refractivity contribution < 1.29 is 23.9 Å². The maximum absolute atomic E-state index is 12.9. The Hall–Kier alpha value is -3.46. The molecule has 0 aliphatic carbocycles. The maximum atomic E-state index is 12.9. The molecule has 1 aliphatic heterocycles. The summed E-state index contributed by atoms with van der Waals surface area (Å²) in [5.41, 5.74) is 6.49. The lowest BCUT2D eigenvalue weighted by Gasteiger charge is -2.24. The van der Waals surface area contributed by atoms with Crippen LogP contribution in [0.25, 0.3) is 0 Å². The van der Waals surface area contributed by atoms with Crippen LogP contribution in [0.5, 0.6) is 11.5 Å².